The number of para-hydroxylation sites is 1. The summed E-state index contributed by atoms with van der Waals surface area (Å²) in [4.78, 5) is 0. The first-order valence-corrected chi connectivity index (χ1v) is 5.93. The Morgan fingerprint density at radius 3 is 2.88 bits per heavy atom. The molecule has 1 aromatic carbocycles. The van der Waals surface area contributed by atoms with E-state index >= 15 is 0 Å². The molecule has 0 saturated carbocycles. The van der Waals surface area contributed by atoms with Gasteiger partial charge in [-0.25, -0.2) is 0 Å². The number of hydrogen-bond acceptors (Lipinski definition) is 2. The second-order valence-electron chi connectivity index (χ2n) is 3.63. The lowest BCUT2D eigenvalue weighted by atomic mass is 10.1. The molecule has 1 aromatic heterocycles. The molecule has 3 nitrogen and oxygen atoms in total. The van der Waals surface area contributed by atoms with Gasteiger partial charge in [0.2, 0.25) is 0 Å². The van der Waals surface area contributed by atoms with Crippen LogP contribution in [0.3, 0.4) is 0 Å². The van der Waals surface area contributed by atoms with E-state index in [9.17, 15) is 0 Å². The fourth-order valence-electron chi connectivity index (χ4n) is 1.78. The summed E-state index contributed by atoms with van der Waals surface area (Å²) in [5.41, 5.74) is 2.43. The third-order valence-corrected chi connectivity index (χ3v) is 2.75. The minimum absolute atomic E-state index is 0.375. The number of benzene rings is 1. The standard InChI is InChI=1S/C12H14ClN3/c1-2-5-10-6-3-4-7-11(10)16-9-14-15-12(16)8-13/h3-4,6-7,9H,2,5,8H2,1H3. The number of aromatic nitrogens is 3. The predicted molar refractivity (Wildman–Crippen MR) is 64.9 cm³/mol. The fourth-order valence-corrected chi connectivity index (χ4v) is 1.96. The minimum Gasteiger partial charge on any atom is -0.284 e. The Bertz CT molecular complexity index is 465. The first-order valence-electron chi connectivity index (χ1n) is 5.40. The summed E-state index contributed by atoms with van der Waals surface area (Å²) in [5.74, 6) is 1.16. The van der Waals surface area contributed by atoms with Gasteiger partial charge in [-0.2, -0.15) is 0 Å². The molecule has 0 bridgehead atoms. The van der Waals surface area contributed by atoms with Crippen molar-refractivity contribution in [1.82, 2.24) is 14.8 Å². The van der Waals surface area contributed by atoms with Gasteiger partial charge in [0.15, 0.2) is 5.82 Å². The highest BCUT2D eigenvalue weighted by molar-refractivity contribution is 6.16. The van der Waals surface area contributed by atoms with E-state index in [-0.39, 0.29) is 0 Å². The van der Waals surface area contributed by atoms with E-state index in [4.69, 9.17) is 11.6 Å². The van der Waals surface area contributed by atoms with Gasteiger partial charge in [-0.3, -0.25) is 4.57 Å². The van der Waals surface area contributed by atoms with Crippen LogP contribution in [0.15, 0.2) is 30.6 Å². The summed E-state index contributed by atoms with van der Waals surface area (Å²) in [6, 6.07) is 8.28. The van der Waals surface area contributed by atoms with Crippen molar-refractivity contribution in [1.29, 1.82) is 0 Å². The topological polar surface area (TPSA) is 30.7 Å². The number of aryl methyl sites for hydroxylation is 1. The molecular weight excluding hydrogens is 222 g/mol. The third-order valence-electron chi connectivity index (χ3n) is 2.51. The van der Waals surface area contributed by atoms with Crippen molar-refractivity contribution in [3.05, 3.63) is 42.0 Å². The van der Waals surface area contributed by atoms with Crippen LogP contribution >= 0.6 is 11.6 Å². The van der Waals surface area contributed by atoms with E-state index in [2.05, 4.69) is 35.3 Å². The Labute approximate surface area is 100 Å². The second-order valence-corrected chi connectivity index (χ2v) is 3.90. The number of halogens is 1. The highest BCUT2D eigenvalue weighted by Crippen LogP contribution is 2.17. The zero-order valence-corrected chi connectivity index (χ0v) is 9.98. The van der Waals surface area contributed by atoms with Crippen LogP contribution in [0, 0.1) is 0 Å². The van der Waals surface area contributed by atoms with Gasteiger partial charge in [0.05, 0.1) is 11.6 Å². The van der Waals surface area contributed by atoms with E-state index in [0.717, 1.165) is 24.4 Å². The molecule has 4 heteroatoms. The normalized spacial score (nSPS) is 10.6. The molecular formula is C12H14ClN3. The van der Waals surface area contributed by atoms with Gasteiger partial charge in [-0.15, -0.1) is 21.8 Å². The van der Waals surface area contributed by atoms with Crippen LogP contribution in [0.2, 0.25) is 0 Å². The molecule has 0 saturated heterocycles. The van der Waals surface area contributed by atoms with Crippen LogP contribution in [0.25, 0.3) is 5.69 Å². The third kappa shape index (κ3) is 2.09. The van der Waals surface area contributed by atoms with Crippen molar-refractivity contribution in [3.8, 4) is 5.69 Å². The zero-order chi connectivity index (χ0) is 11.4. The Morgan fingerprint density at radius 1 is 1.31 bits per heavy atom. The first-order chi connectivity index (χ1) is 7.86. The van der Waals surface area contributed by atoms with Crippen LogP contribution in [-0.2, 0) is 12.3 Å². The molecule has 0 amide bonds. The predicted octanol–water partition coefficient (Wildman–Crippen LogP) is 2.96. The van der Waals surface area contributed by atoms with Gasteiger partial charge >= 0.3 is 0 Å². The van der Waals surface area contributed by atoms with Gasteiger partial charge in [-0.05, 0) is 18.1 Å². The number of nitrogens with zero attached hydrogens (tertiary/aromatic N) is 3. The van der Waals surface area contributed by atoms with Crippen molar-refractivity contribution in [3.63, 3.8) is 0 Å². The number of rotatable bonds is 4. The summed E-state index contributed by atoms with van der Waals surface area (Å²) in [6.45, 7) is 2.17. The Balaban J connectivity index is 2.46. The summed E-state index contributed by atoms with van der Waals surface area (Å²) < 4.78 is 1.96. The molecule has 0 aliphatic rings. The monoisotopic (exact) mass is 235 g/mol. The summed E-state index contributed by atoms with van der Waals surface area (Å²) >= 11 is 5.83. The maximum absolute atomic E-state index is 5.83. The van der Waals surface area contributed by atoms with Crippen LogP contribution < -0.4 is 0 Å². The van der Waals surface area contributed by atoms with Crippen LogP contribution in [0.1, 0.15) is 24.7 Å². The van der Waals surface area contributed by atoms with Gasteiger partial charge in [0.1, 0.15) is 6.33 Å². The first kappa shape index (κ1) is 11.1. The highest BCUT2D eigenvalue weighted by Gasteiger charge is 2.08. The Morgan fingerprint density at radius 2 is 2.12 bits per heavy atom. The average molecular weight is 236 g/mol. The van der Waals surface area contributed by atoms with E-state index in [1.807, 2.05) is 10.6 Å². The molecule has 0 atom stereocenters. The molecule has 0 unspecified atom stereocenters. The maximum atomic E-state index is 5.83. The molecule has 2 rings (SSSR count). The minimum atomic E-state index is 0.375. The fraction of sp³-hybridized carbons (Fsp3) is 0.333. The molecule has 0 fully saturated rings. The lowest BCUT2D eigenvalue weighted by molar-refractivity contribution is 0.881. The molecule has 0 aliphatic carbocycles. The van der Waals surface area contributed by atoms with E-state index < -0.39 is 0 Å². The van der Waals surface area contributed by atoms with Crippen molar-refractivity contribution in [2.75, 3.05) is 0 Å². The summed E-state index contributed by atoms with van der Waals surface area (Å²) in [7, 11) is 0. The molecule has 1 heterocycles. The Hall–Kier alpha value is -1.35. The second kappa shape index (κ2) is 5.12. The van der Waals surface area contributed by atoms with Gasteiger partial charge in [-0.1, -0.05) is 31.5 Å². The Kier molecular flexibility index (Phi) is 3.57. The largest absolute Gasteiger partial charge is 0.284 e. The summed E-state index contributed by atoms with van der Waals surface area (Å²) in [5, 5.41) is 7.89. The van der Waals surface area contributed by atoms with Gasteiger partial charge in [0.25, 0.3) is 0 Å². The molecule has 0 radical (unpaired) electrons. The van der Waals surface area contributed by atoms with Gasteiger partial charge < -0.3 is 0 Å². The van der Waals surface area contributed by atoms with E-state index in [0.29, 0.717) is 5.88 Å². The maximum Gasteiger partial charge on any atom is 0.152 e. The number of alkyl halides is 1. The molecule has 0 spiro atoms. The van der Waals surface area contributed by atoms with Crippen LogP contribution in [-0.4, -0.2) is 14.8 Å². The molecule has 16 heavy (non-hydrogen) atoms. The lowest BCUT2D eigenvalue weighted by Gasteiger charge is -2.10. The zero-order valence-electron chi connectivity index (χ0n) is 9.23. The van der Waals surface area contributed by atoms with Crippen molar-refractivity contribution >= 4 is 11.6 Å². The molecule has 0 N–H and O–H groups in total. The smallest absolute Gasteiger partial charge is 0.152 e. The van der Waals surface area contributed by atoms with E-state index in [1.165, 1.54) is 5.56 Å². The van der Waals surface area contributed by atoms with Crippen LogP contribution in [0.4, 0.5) is 0 Å². The quantitative estimate of drug-likeness (QED) is 0.763. The van der Waals surface area contributed by atoms with Gasteiger partial charge in [0, 0.05) is 0 Å². The van der Waals surface area contributed by atoms with Crippen molar-refractivity contribution in [2.24, 2.45) is 0 Å². The highest BCUT2D eigenvalue weighted by atomic mass is 35.5. The lowest BCUT2D eigenvalue weighted by Crippen LogP contribution is -2.02. The SMILES string of the molecule is CCCc1ccccc1-n1cnnc1CCl. The molecule has 84 valence electrons. The van der Waals surface area contributed by atoms with Crippen LogP contribution in [0.5, 0.6) is 0 Å². The molecule has 0 aliphatic heterocycles. The number of hydrogen-bond donors (Lipinski definition) is 0. The summed E-state index contributed by atoms with van der Waals surface area (Å²) in [6.07, 6.45) is 3.89. The van der Waals surface area contributed by atoms with Crippen molar-refractivity contribution < 1.29 is 0 Å². The molecule has 2 aromatic rings. The van der Waals surface area contributed by atoms with Crippen molar-refractivity contribution in [2.45, 2.75) is 25.6 Å². The van der Waals surface area contributed by atoms with E-state index in [1.54, 1.807) is 6.33 Å². The average Bonchev–Trinajstić information content (AvgIpc) is 2.78.